The summed E-state index contributed by atoms with van der Waals surface area (Å²) < 4.78 is 0. The van der Waals surface area contributed by atoms with E-state index in [0.29, 0.717) is 6.17 Å². The lowest BCUT2D eigenvalue weighted by Crippen LogP contribution is -2.52. The summed E-state index contributed by atoms with van der Waals surface area (Å²) >= 11 is 0. The van der Waals surface area contributed by atoms with Gasteiger partial charge in [-0.15, -0.1) is 0 Å². The van der Waals surface area contributed by atoms with Crippen molar-refractivity contribution in [3.63, 3.8) is 0 Å². The lowest BCUT2D eigenvalue weighted by Gasteiger charge is -2.39. The predicted octanol–water partition coefficient (Wildman–Crippen LogP) is 1.75. The SMILES string of the molecule is CC1CCN(C)C(NCC2CCCCN2C)C1. The Balaban J connectivity index is 1.76. The molecule has 2 saturated heterocycles. The van der Waals surface area contributed by atoms with E-state index in [2.05, 4.69) is 36.1 Å². The van der Waals surface area contributed by atoms with E-state index in [4.69, 9.17) is 0 Å². The number of hydrogen-bond donors (Lipinski definition) is 1. The fraction of sp³-hybridized carbons (Fsp3) is 1.00. The maximum atomic E-state index is 3.79. The second-order valence-electron chi connectivity index (χ2n) is 6.16. The molecule has 2 fully saturated rings. The number of likely N-dealkylation sites (tertiary alicyclic amines) is 2. The van der Waals surface area contributed by atoms with E-state index >= 15 is 0 Å². The zero-order valence-electron chi connectivity index (χ0n) is 11.8. The summed E-state index contributed by atoms with van der Waals surface area (Å²) in [5.41, 5.74) is 0. The molecular weight excluding hydrogens is 210 g/mol. The first kappa shape index (κ1) is 13.3. The minimum atomic E-state index is 0.606. The topological polar surface area (TPSA) is 18.5 Å². The van der Waals surface area contributed by atoms with Crippen LogP contribution in [0.4, 0.5) is 0 Å². The zero-order valence-corrected chi connectivity index (χ0v) is 11.8. The van der Waals surface area contributed by atoms with Gasteiger partial charge in [-0.3, -0.25) is 4.90 Å². The first-order valence-corrected chi connectivity index (χ1v) is 7.30. The molecule has 2 aliphatic heterocycles. The fourth-order valence-corrected chi connectivity index (χ4v) is 3.17. The Morgan fingerprint density at radius 2 is 1.88 bits per heavy atom. The van der Waals surface area contributed by atoms with Gasteiger partial charge in [-0.25, -0.2) is 0 Å². The molecule has 3 heteroatoms. The molecule has 0 aromatic heterocycles. The van der Waals surface area contributed by atoms with Crippen LogP contribution in [0.2, 0.25) is 0 Å². The van der Waals surface area contributed by atoms with Crippen molar-refractivity contribution in [1.29, 1.82) is 0 Å². The molecule has 100 valence electrons. The predicted molar refractivity (Wildman–Crippen MR) is 73.1 cm³/mol. The molecule has 2 rings (SSSR count). The average molecular weight is 239 g/mol. The Morgan fingerprint density at radius 3 is 2.65 bits per heavy atom. The summed E-state index contributed by atoms with van der Waals surface area (Å²) in [6, 6.07) is 0.759. The van der Waals surface area contributed by atoms with Gasteiger partial charge < -0.3 is 10.2 Å². The van der Waals surface area contributed by atoms with Crippen molar-refractivity contribution < 1.29 is 0 Å². The van der Waals surface area contributed by atoms with Crippen LogP contribution in [0, 0.1) is 5.92 Å². The Hall–Kier alpha value is -0.120. The highest BCUT2D eigenvalue weighted by Gasteiger charge is 2.25. The van der Waals surface area contributed by atoms with Crippen LogP contribution in [0.3, 0.4) is 0 Å². The van der Waals surface area contributed by atoms with Crippen LogP contribution in [0.25, 0.3) is 0 Å². The van der Waals surface area contributed by atoms with Crippen molar-refractivity contribution >= 4 is 0 Å². The lowest BCUT2D eigenvalue weighted by atomic mass is 9.96. The van der Waals surface area contributed by atoms with Gasteiger partial charge in [0.1, 0.15) is 0 Å². The monoisotopic (exact) mass is 239 g/mol. The number of piperidine rings is 2. The van der Waals surface area contributed by atoms with Crippen LogP contribution in [0.15, 0.2) is 0 Å². The van der Waals surface area contributed by atoms with Crippen molar-refractivity contribution in [1.82, 2.24) is 15.1 Å². The summed E-state index contributed by atoms with van der Waals surface area (Å²) in [5, 5.41) is 3.79. The third-order valence-corrected chi connectivity index (χ3v) is 4.64. The zero-order chi connectivity index (χ0) is 12.3. The molecule has 0 saturated carbocycles. The van der Waals surface area contributed by atoms with Crippen molar-refractivity contribution in [3.8, 4) is 0 Å². The first-order chi connectivity index (χ1) is 8.16. The van der Waals surface area contributed by atoms with E-state index in [9.17, 15) is 0 Å². The van der Waals surface area contributed by atoms with Gasteiger partial charge >= 0.3 is 0 Å². The Kier molecular flexibility index (Phi) is 4.83. The summed E-state index contributed by atoms with van der Waals surface area (Å²) in [4.78, 5) is 5.02. The molecule has 0 radical (unpaired) electrons. The number of nitrogens with one attached hydrogen (secondary N) is 1. The van der Waals surface area contributed by atoms with Crippen molar-refractivity contribution in [3.05, 3.63) is 0 Å². The van der Waals surface area contributed by atoms with Crippen molar-refractivity contribution in [2.45, 2.75) is 51.2 Å². The molecule has 3 unspecified atom stereocenters. The van der Waals surface area contributed by atoms with Crippen LogP contribution in [0.5, 0.6) is 0 Å². The van der Waals surface area contributed by atoms with E-state index in [1.807, 2.05) is 0 Å². The van der Waals surface area contributed by atoms with E-state index in [-0.39, 0.29) is 0 Å². The van der Waals surface area contributed by atoms with Crippen molar-refractivity contribution in [2.75, 3.05) is 33.7 Å². The van der Waals surface area contributed by atoms with Gasteiger partial charge in [0.2, 0.25) is 0 Å². The Morgan fingerprint density at radius 1 is 1.06 bits per heavy atom. The highest BCUT2D eigenvalue weighted by atomic mass is 15.3. The third kappa shape index (κ3) is 3.67. The quantitative estimate of drug-likeness (QED) is 0.809. The minimum absolute atomic E-state index is 0.606. The number of likely N-dealkylation sites (N-methyl/N-ethyl adjacent to an activating group) is 1. The lowest BCUT2D eigenvalue weighted by molar-refractivity contribution is 0.103. The molecule has 0 spiro atoms. The first-order valence-electron chi connectivity index (χ1n) is 7.30. The number of nitrogens with zero attached hydrogens (tertiary/aromatic N) is 2. The van der Waals surface area contributed by atoms with Gasteiger partial charge in [0, 0.05) is 12.6 Å². The molecule has 2 aliphatic rings. The molecular formula is C14H29N3. The van der Waals surface area contributed by atoms with Crippen LogP contribution in [-0.2, 0) is 0 Å². The van der Waals surface area contributed by atoms with Gasteiger partial charge in [-0.05, 0) is 58.8 Å². The molecule has 0 bridgehead atoms. The summed E-state index contributed by atoms with van der Waals surface area (Å²) in [7, 11) is 4.53. The summed E-state index contributed by atoms with van der Waals surface area (Å²) in [6.45, 7) is 6.08. The highest BCUT2D eigenvalue weighted by molar-refractivity contribution is 4.81. The molecule has 17 heavy (non-hydrogen) atoms. The molecule has 0 amide bonds. The van der Waals surface area contributed by atoms with Crippen LogP contribution >= 0.6 is 0 Å². The number of rotatable bonds is 3. The number of hydrogen-bond acceptors (Lipinski definition) is 3. The molecule has 0 aromatic carbocycles. The van der Waals surface area contributed by atoms with E-state index < -0.39 is 0 Å². The Bertz CT molecular complexity index is 232. The maximum Gasteiger partial charge on any atom is 0.0597 e. The van der Waals surface area contributed by atoms with E-state index in [0.717, 1.165) is 18.5 Å². The largest absolute Gasteiger partial charge is 0.302 e. The average Bonchev–Trinajstić information content (AvgIpc) is 2.32. The smallest absolute Gasteiger partial charge is 0.0597 e. The molecule has 0 aromatic rings. The van der Waals surface area contributed by atoms with Gasteiger partial charge in [0.25, 0.3) is 0 Å². The molecule has 3 nitrogen and oxygen atoms in total. The van der Waals surface area contributed by atoms with Crippen LogP contribution in [0.1, 0.15) is 39.0 Å². The van der Waals surface area contributed by atoms with Crippen LogP contribution in [-0.4, -0.2) is 55.7 Å². The van der Waals surface area contributed by atoms with Crippen molar-refractivity contribution in [2.24, 2.45) is 5.92 Å². The third-order valence-electron chi connectivity index (χ3n) is 4.64. The molecule has 1 N–H and O–H groups in total. The highest BCUT2D eigenvalue weighted by Crippen LogP contribution is 2.20. The second-order valence-corrected chi connectivity index (χ2v) is 6.16. The fourth-order valence-electron chi connectivity index (χ4n) is 3.17. The van der Waals surface area contributed by atoms with E-state index in [1.165, 1.54) is 45.2 Å². The summed E-state index contributed by atoms with van der Waals surface area (Å²) in [5.74, 6) is 0.882. The molecule has 3 atom stereocenters. The van der Waals surface area contributed by atoms with Gasteiger partial charge in [-0.1, -0.05) is 13.3 Å². The second kappa shape index (κ2) is 6.17. The molecule has 2 heterocycles. The van der Waals surface area contributed by atoms with Gasteiger partial charge in [0.05, 0.1) is 6.17 Å². The normalized spacial score (nSPS) is 37.2. The van der Waals surface area contributed by atoms with Crippen LogP contribution < -0.4 is 5.32 Å². The Labute approximate surface area is 107 Å². The minimum Gasteiger partial charge on any atom is -0.302 e. The summed E-state index contributed by atoms with van der Waals surface area (Å²) in [6.07, 6.45) is 7.44. The van der Waals surface area contributed by atoms with Gasteiger partial charge in [0.15, 0.2) is 0 Å². The maximum absolute atomic E-state index is 3.79. The van der Waals surface area contributed by atoms with E-state index in [1.54, 1.807) is 0 Å². The van der Waals surface area contributed by atoms with Gasteiger partial charge in [-0.2, -0.15) is 0 Å². The standard InChI is InChI=1S/C14H29N3/c1-12-7-9-17(3)14(10-12)15-11-13-6-4-5-8-16(13)2/h12-15H,4-11H2,1-3H3. The molecule has 0 aliphatic carbocycles.